The number of para-hydroxylation sites is 2. The average Bonchev–Trinajstić information content (AvgIpc) is 3.06. The molecule has 0 radical (unpaired) electrons. The maximum atomic E-state index is 13.0. The van der Waals surface area contributed by atoms with E-state index in [1.807, 2.05) is 24.3 Å². The molecule has 2 aromatic rings. The van der Waals surface area contributed by atoms with Gasteiger partial charge in [0, 0.05) is 25.2 Å². The summed E-state index contributed by atoms with van der Waals surface area (Å²) in [5, 5.41) is 0. The molecule has 0 aromatic heterocycles. The van der Waals surface area contributed by atoms with Gasteiger partial charge in [0.1, 0.15) is 11.5 Å². The maximum Gasteiger partial charge on any atom is 0.259 e. The van der Waals surface area contributed by atoms with Gasteiger partial charge in [-0.3, -0.25) is 9.59 Å². The van der Waals surface area contributed by atoms with E-state index >= 15 is 0 Å². The number of carbonyl (C=O) groups is 2. The van der Waals surface area contributed by atoms with Gasteiger partial charge in [0.2, 0.25) is 0 Å². The molecule has 6 heteroatoms. The largest absolute Gasteiger partial charge is 0.495 e. The molecule has 2 aliphatic rings. The van der Waals surface area contributed by atoms with Crippen LogP contribution in [0.4, 0.5) is 11.4 Å². The lowest BCUT2D eigenvalue weighted by molar-refractivity contribution is -0.114. The van der Waals surface area contributed by atoms with Crippen molar-refractivity contribution in [3.8, 4) is 11.5 Å². The molecule has 0 N–H and O–H groups in total. The van der Waals surface area contributed by atoms with Crippen molar-refractivity contribution in [3.05, 3.63) is 47.5 Å². The zero-order valence-electron chi connectivity index (χ0n) is 15.0. The zero-order valence-corrected chi connectivity index (χ0v) is 15.0. The molecule has 0 fully saturated rings. The van der Waals surface area contributed by atoms with Crippen molar-refractivity contribution in [2.45, 2.75) is 0 Å². The fraction of sp³-hybridized carbons (Fsp3) is 0.200. The molecule has 2 heterocycles. The molecule has 0 saturated carbocycles. The van der Waals surface area contributed by atoms with E-state index in [0.717, 1.165) is 0 Å². The van der Waals surface area contributed by atoms with Gasteiger partial charge >= 0.3 is 0 Å². The highest BCUT2D eigenvalue weighted by molar-refractivity contribution is 6.50. The first-order valence-electron chi connectivity index (χ1n) is 8.16. The average molecular weight is 350 g/mol. The van der Waals surface area contributed by atoms with Crippen molar-refractivity contribution in [1.82, 2.24) is 0 Å². The van der Waals surface area contributed by atoms with E-state index in [0.29, 0.717) is 45.1 Å². The van der Waals surface area contributed by atoms with E-state index in [4.69, 9.17) is 9.47 Å². The Labute approximate surface area is 151 Å². The topological polar surface area (TPSA) is 59.1 Å². The highest BCUT2D eigenvalue weighted by Crippen LogP contribution is 2.50. The SMILES string of the molecule is COc1cccc2c1N(C)C(=O)/C2=C1/C(=O)N(C)c2c(OC)cccc21. The molecular formula is C20H18N2O4. The van der Waals surface area contributed by atoms with Gasteiger partial charge in [-0.1, -0.05) is 24.3 Å². The summed E-state index contributed by atoms with van der Waals surface area (Å²) in [5.74, 6) is 0.742. The van der Waals surface area contributed by atoms with Gasteiger partial charge < -0.3 is 19.3 Å². The third-order valence-corrected chi connectivity index (χ3v) is 4.93. The summed E-state index contributed by atoms with van der Waals surface area (Å²) < 4.78 is 10.8. The first-order valence-corrected chi connectivity index (χ1v) is 8.16. The molecule has 2 aliphatic heterocycles. The number of methoxy groups -OCH3 is 2. The third kappa shape index (κ3) is 1.92. The second-order valence-corrected chi connectivity index (χ2v) is 6.19. The third-order valence-electron chi connectivity index (χ3n) is 4.93. The predicted octanol–water partition coefficient (Wildman–Crippen LogP) is 2.57. The number of likely N-dealkylation sites (N-methyl/N-ethyl adjacent to an activating group) is 2. The van der Waals surface area contributed by atoms with E-state index in [-0.39, 0.29) is 11.8 Å². The normalized spacial score (nSPS) is 18.3. The fourth-order valence-corrected chi connectivity index (χ4v) is 3.72. The number of ether oxygens (including phenoxy) is 2. The molecule has 0 unspecified atom stereocenters. The van der Waals surface area contributed by atoms with Crippen LogP contribution in [0.25, 0.3) is 11.1 Å². The fourth-order valence-electron chi connectivity index (χ4n) is 3.72. The van der Waals surface area contributed by atoms with Gasteiger partial charge in [0.05, 0.1) is 36.7 Å². The molecule has 0 atom stereocenters. The highest BCUT2D eigenvalue weighted by atomic mass is 16.5. The van der Waals surface area contributed by atoms with E-state index < -0.39 is 0 Å². The number of benzene rings is 2. The Hall–Kier alpha value is -3.28. The molecule has 26 heavy (non-hydrogen) atoms. The van der Waals surface area contributed by atoms with E-state index in [2.05, 4.69) is 0 Å². The molecule has 0 spiro atoms. The molecule has 0 saturated heterocycles. The number of anilines is 2. The summed E-state index contributed by atoms with van der Waals surface area (Å²) in [6.07, 6.45) is 0. The van der Waals surface area contributed by atoms with E-state index in [9.17, 15) is 9.59 Å². The molecule has 4 rings (SSSR count). The van der Waals surface area contributed by atoms with Gasteiger partial charge in [-0.15, -0.1) is 0 Å². The van der Waals surface area contributed by atoms with Gasteiger partial charge in [-0.05, 0) is 12.1 Å². The Morgan fingerprint density at radius 3 is 1.42 bits per heavy atom. The van der Waals surface area contributed by atoms with Crippen LogP contribution in [0, 0.1) is 0 Å². The van der Waals surface area contributed by atoms with Crippen LogP contribution in [0.2, 0.25) is 0 Å². The maximum absolute atomic E-state index is 13.0. The van der Waals surface area contributed by atoms with Gasteiger partial charge in [0.25, 0.3) is 11.8 Å². The van der Waals surface area contributed by atoms with Crippen LogP contribution in [0.1, 0.15) is 11.1 Å². The minimum atomic E-state index is -0.225. The van der Waals surface area contributed by atoms with Gasteiger partial charge in [-0.2, -0.15) is 0 Å². The summed E-state index contributed by atoms with van der Waals surface area (Å²) in [6.45, 7) is 0. The summed E-state index contributed by atoms with van der Waals surface area (Å²) in [5.41, 5.74) is 3.53. The van der Waals surface area contributed by atoms with Gasteiger partial charge in [-0.25, -0.2) is 0 Å². The van der Waals surface area contributed by atoms with Crippen LogP contribution >= 0.6 is 0 Å². The van der Waals surface area contributed by atoms with Crippen molar-refractivity contribution in [1.29, 1.82) is 0 Å². The molecule has 132 valence electrons. The summed E-state index contributed by atoms with van der Waals surface area (Å²) in [6, 6.07) is 10.9. The predicted molar refractivity (Wildman–Crippen MR) is 99.6 cm³/mol. The number of nitrogens with zero attached hydrogens (tertiary/aromatic N) is 2. The van der Waals surface area contributed by atoms with Crippen LogP contribution in [0.3, 0.4) is 0 Å². The highest BCUT2D eigenvalue weighted by Gasteiger charge is 2.42. The molecule has 0 aliphatic carbocycles. The first kappa shape index (κ1) is 16.2. The van der Waals surface area contributed by atoms with Crippen LogP contribution in [0.15, 0.2) is 36.4 Å². The number of fused-ring (bicyclic) bond motifs is 2. The Morgan fingerprint density at radius 1 is 0.692 bits per heavy atom. The van der Waals surface area contributed by atoms with Crippen molar-refractivity contribution in [2.75, 3.05) is 38.1 Å². The van der Waals surface area contributed by atoms with Crippen LogP contribution < -0.4 is 19.3 Å². The number of hydrogen-bond acceptors (Lipinski definition) is 4. The number of amides is 2. The molecular weight excluding hydrogens is 332 g/mol. The van der Waals surface area contributed by atoms with Crippen LogP contribution in [-0.4, -0.2) is 40.1 Å². The molecule has 2 aromatic carbocycles. The minimum Gasteiger partial charge on any atom is -0.495 e. The Bertz CT molecular complexity index is 914. The standard InChI is InChI=1S/C20H18N2O4/c1-21-17-11(7-5-9-13(17)25-3)15(19(21)23)16-12-8-6-10-14(26-4)18(12)22(2)20(16)24/h5-10H,1-4H3/b16-15+. The zero-order chi connectivity index (χ0) is 18.6. The van der Waals surface area contributed by atoms with E-state index in [1.54, 1.807) is 40.4 Å². The molecule has 2 amide bonds. The Balaban J connectivity index is 2.07. The lowest BCUT2D eigenvalue weighted by atomic mass is 9.96. The number of rotatable bonds is 2. The summed E-state index contributed by atoms with van der Waals surface area (Å²) in [7, 11) is 6.50. The summed E-state index contributed by atoms with van der Waals surface area (Å²) in [4.78, 5) is 29.1. The summed E-state index contributed by atoms with van der Waals surface area (Å²) >= 11 is 0. The molecule has 6 nitrogen and oxygen atoms in total. The van der Waals surface area contributed by atoms with Crippen LogP contribution in [-0.2, 0) is 9.59 Å². The molecule has 0 bridgehead atoms. The minimum absolute atomic E-state index is 0.225. The van der Waals surface area contributed by atoms with Crippen molar-refractivity contribution in [2.24, 2.45) is 0 Å². The quantitative estimate of drug-likeness (QED) is 0.781. The first-order chi connectivity index (χ1) is 12.5. The van der Waals surface area contributed by atoms with Crippen molar-refractivity contribution in [3.63, 3.8) is 0 Å². The second-order valence-electron chi connectivity index (χ2n) is 6.19. The van der Waals surface area contributed by atoms with Crippen molar-refractivity contribution < 1.29 is 19.1 Å². The second kappa shape index (κ2) is 5.62. The lowest BCUT2D eigenvalue weighted by Crippen LogP contribution is -2.24. The smallest absolute Gasteiger partial charge is 0.259 e. The van der Waals surface area contributed by atoms with Crippen LogP contribution in [0.5, 0.6) is 11.5 Å². The number of carbonyl (C=O) groups excluding carboxylic acids is 2. The van der Waals surface area contributed by atoms with Gasteiger partial charge in [0.15, 0.2) is 0 Å². The van der Waals surface area contributed by atoms with E-state index in [1.165, 1.54) is 9.80 Å². The Kier molecular flexibility index (Phi) is 3.50. The monoisotopic (exact) mass is 350 g/mol. The lowest BCUT2D eigenvalue weighted by Gasteiger charge is -2.13. The Morgan fingerprint density at radius 2 is 1.08 bits per heavy atom. The number of hydrogen-bond donors (Lipinski definition) is 0. The van der Waals surface area contributed by atoms with Crippen molar-refractivity contribution >= 4 is 34.3 Å².